The summed E-state index contributed by atoms with van der Waals surface area (Å²) in [6.07, 6.45) is 2.11. The Bertz CT molecular complexity index is 1080. The number of rotatable bonds is 4. The van der Waals surface area contributed by atoms with Crippen molar-refractivity contribution in [3.63, 3.8) is 0 Å². The van der Waals surface area contributed by atoms with E-state index in [0.29, 0.717) is 29.6 Å². The fourth-order valence-corrected chi connectivity index (χ4v) is 6.13. The number of amides is 4. The zero-order chi connectivity index (χ0) is 23.3. The molecule has 9 heteroatoms. The molecule has 2 fully saturated rings. The van der Waals surface area contributed by atoms with Gasteiger partial charge in [-0.3, -0.25) is 14.5 Å². The van der Waals surface area contributed by atoms with Crippen molar-refractivity contribution >= 4 is 34.3 Å². The number of imide groups is 1. The van der Waals surface area contributed by atoms with Gasteiger partial charge in [-0.1, -0.05) is 20.8 Å². The third-order valence-electron chi connectivity index (χ3n) is 6.09. The number of thiazole rings is 1. The van der Waals surface area contributed by atoms with Gasteiger partial charge in [0, 0.05) is 10.4 Å². The van der Waals surface area contributed by atoms with Crippen LogP contribution < -0.4 is 10.6 Å². The number of nitrogens with zero attached hydrogens (tertiary/aromatic N) is 2. The maximum Gasteiger partial charge on any atom is 0.325 e. The molecule has 1 aromatic carbocycles. The average Bonchev–Trinajstić information content (AvgIpc) is 3.13. The van der Waals surface area contributed by atoms with Crippen LogP contribution in [0.3, 0.4) is 0 Å². The zero-order valence-electron chi connectivity index (χ0n) is 18.6. The van der Waals surface area contributed by atoms with Crippen LogP contribution in [0.1, 0.15) is 44.9 Å². The smallest absolute Gasteiger partial charge is 0.323 e. The van der Waals surface area contributed by atoms with E-state index in [9.17, 15) is 18.8 Å². The molecule has 4 rings (SSSR count). The van der Waals surface area contributed by atoms with E-state index >= 15 is 0 Å². The molecule has 1 saturated heterocycles. The quantitative estimate of drug-likeness (QED) is 0.667. The van der Waals surface area contributed by atoms with Crippen LogP contribution in [0.2, 0.25) is 0 Å². The number of aryl methyl sites for hydroxylation is 1. The highest BCUT2D eigenvalue weighted by Crippen LogP contribution is 2.46. The van der Waals surface area contributed by atoms with Gasteiger partial charge in [0.1, 0.15) is 17.9 Å². The minimum absolute atomic E-state index is 0.0754. The molecule has 1 aliphatic heterocycles. The molecule has 1 saturated carbocycles. The largest absolute Gasteiger partial charge is 0.325 e. The highest BCUT2D eigenvalue weighted by molar-refractivity contribution is 7.16. The van der Waals surface area contributed by atoms with Crippen molar-refractivity contribution in [3.8, 4) is 11.3 Å². The van der Waals surface area contributed by atoms with Crippen LogP contribution in [0.25, 0.3) is 11.3 Å². The monoisotopic (exact) mass is 458 g/mol. The number of hydrogen-bond donors (Lipinski definition) is 2. The molecule has 2 unspecified atom stereocenters. The predicted octanol–water partition coefficient (Wildman–Crippen LogP) is 4.33. The fraction of sp³-hybridized carbons (Fsp3) is 0.478. The van der Waals surface area contributed by atoms with Crippen LogP contribution in [0.5, 0.6) is 0 Å². The normalized spacial score (nSPS) is 24.7. The summed E-state index contributed by atoms with van der Waals surface area (Å²) in [5.41, 5.74) is 0.378. The topological polar surface area (TPSA) is 91.4 Å². The molecule has 0 radical (unpaired) electrons. The number of nitrogens with one attached hydrogen (secondary N) is 2. The van der Waals surface area contributed by atoms with E-state index in [0.717, 1.165) is 21.8 Å². The Balaban J connectivity index is 1.46. The first-order valence-corrected chi connectivity index (χ1v) is 11.5. The second-order valence-corrected chi connectivity index (χ2v) is 10.9. The van der Waals surface area contributed by atoms with Gasteiger partial charge in [0.25, 0.3) is 5.91 Å². The molecule has 1 spiro atoms. The van der Waals surface area contributed by atoms with Crippen molar-refractivity contribution in [2.75, 3.05) is 11.9 Å². The lowest BCUT2D eigenvalue weighted by Crippen LogP contribution is -2.54. The SMILES string of the molecule is Cc1sc(NC(=O)CN2C(=O)NC3(CC(C)CC(C)(C)C3)C2=O)nc1-c1ccc(F)cc1. The molecule has 7 nitrogen and oxygen atoms in total. The van der Waals surface area contributed by atoms with E-state index in [1.54, 1.807) is 12.1 Å². The van der Waals surface area contributed by atoms with Crippen molar-refractivity contribution in [1.82, 2.24) is 15.2 Å². The number of urea groups is 1. The summed E-state index contributed by atoms with van der Waals surface area (Å²) in [7, 11) is 0. The van der Waals surface area contributed by atoms with E-state index in [2.05, 4.69) is 36.4 Å². The van der Waals surface area contributed by atoms with Crippen LogP contribution in [-0.4, -0.2) is 39.8 Å². The number of hydrogen-bond acceptors (Lipinski definition) is 5. The summed E-state index contributed by atoms with van der Waals surface area (Å²) in [5.74, 6) is -0.871. The van der Waals surface area contributed by atoms with Crippen LogP contribution >= 0.6 is 11.3 Å². The van der Waals surface area contributed by atoms with Gasteiger partial charge >= 0.3 is 6.03 Å². The van der Waals surface area contributed by atoms with Gasteiger partial charge in [-0.25, -0.2) is 14.2 Å². The zero-order valence-corrected chi connectivity index (χ0v) is 19.4. The third kappa shape index (κ3) is 4.26. The summed E-state index contributed by atoms with van der Waals surface area (Å²) < 4.78 is 13.2. The molecule has 32 heavy (non-hydrogen) atoms. The summed E-state index contributed by atoms with van der Waals surface area (Å²) in [4.78, 5) is 44.8. The van der Waals surface area contributed by atoms with Gasteiger partial charge in [-0.15, -0.1) is 11.3 Å². The van der Waals surface area contributed by atoms with Crippen LogP contribution in [0.15, 0.2) is 24.3 Å². The summed E-state index contributed by atoms with van der Waals surface area (Å²) in [6, 6.07) is 5.43. The van der Waals surface area contributed by atoms with Gasteiger partial charge in [0.2, 0.25) is 5.91 Å². The molecule has 2 aliphatic rings. The van der Waals surface area contributed by atoms with E-state index in [4.69, 9.17) is 0 Å². The van der Waals surface area contributed by atoms with Gasteiger partial charge in [0.15, 0.2) is 5.13 Å². The van der Waals surface area contributed by atoms with E-state index in [1.165, 1.54) is 23.5 Å². The molecule has 1 aliphatic carbocycles. The molecular weight excluding hydrogens is 431 g/mol. The summed E-state index contributed by atoms with van der Waals surface area (Å²) >= 11 is 1.28. The first-order valence-electron chi connectivity index (χ1n) is 10.7. The van der Waals surface area contributed by atoms with Gasteiger partial charge in [-0.05, 0) is 61.8 Å². The lowest BCUT2D eigenvalue weighted by atomic mass is 9.64. The van der Waals surface area contributed by atoms with Crippen molar-refractivity contribution < 1.29 is 18.8 Å². The Morgan fingerprint density at radius 2 is 1.97 bits per heavy atom. The number of halogens is 1. The number of benzene rings is 1. The minimum Gasteiger partial charge on any atom is -0.323 e. The Kier molecular flexibility index (Phi) is 5.56. The molecule has 1 aromatic heterocycles. The van der Waals surface area contributed by atoms with Crippen molar-refractivity contribution in [2.45, 2.75) is 52.5 Å². The van der Waals surface area contributed by atoms with Gasteiger partial charge in [0.05, 0.1) is 5.69 Å². The fourth-order valence-electron chi connectivity index (χ4n) is 5.28. The first kappa shape index (κ1) is 22.4. The Morgan fingerprint density at radius 3 is 2.62 bits per heavy atom. The maximum absolute atomic E-state index is 13.2. The maximum atomic E-state index is 13.2. The molecule has 2 aromatic rings. The van der Waals surface area contributed by atoms with E-state index < -0.39 is 17.5 Å². The molecular formula is C23H27FN4O3S. The van der Waals surface area contributed by atoms with Gasteiger partial charge in [-0.2, -0.15) is 0 Å². The molecule has 2 atom stereocenters. The minimum atomic E-state index is -0.938. The van der Waals surface area contributed by atoms with E-state index in [1.807, 2.05) is 6.92 Å². The van der Waals surface area contributed by atoms with Crippen LogP contribution in [0, 0.1) is 24.1 Å². The van der Waals surface area contributed by atoms with Crippen molar-refractivity contribution in [3.05, 3.63) is 35.0 Å². The van der Waals surface area contributed by atoms with Crippen molar-refractivity contribution in [1.29, 1.82) is 0 Å². The Morgan fingerprint density at radius 1 is 1.28 bits per heavy atom. The molecule has 2 heterocycles. The molecule has 2 N–H and O–H groups in total. The van der Waals surface area contributed by atoms with E-state index in [-0.39, 0.29) is 23.7 Å². The summed E-state index contributed by atoms with van der Waals surface area (Å²) in [6.45, 7) is 7.78. The number of aromatic nitrogens is 1. The molecule has 170 valence electrons. The van der Waals surface area contributed by atoms with Crippen LogP contribution in [-0.2, 0) is 9.59 Å². The highest BCUT2D eigenvalue weighted by atomic mass is 32.1. The van der Waals surface area contributed by atoms with Crippen molar-refractivity contribution in [2.24, 2.45) is 11.3 Å². The van der Waals surface area contributed by atoms with Crippen LogP contribution in [0.4, 0.5) is 14.3 Å². The lowest BCUT2D eigenvalue weighted by molar-refractivity contribution is -0.136. The molecule has 4 amide bonds. The third-order valence-corrected chi connectivity index (χ3v) is 6.97. The standard InChI is InChI=1S/C23H27FN4O3S/c1-13-9-22(3,4)12-23(10-13)19(30)28(21(31)27-23)11-17(29)25-20-26-18(14(2)32-20)15-5-7-16(24)8-6-15/h5-8,13H,9-12H2,1-4H3,(H,27,31)(H,25,26,29). The van der Waals surface area contributed by atoms with Gasteiger partial charge < -0.3 is 10.6 Å². The first-order chi connectivity index (χ1) is 15.0. The summed E-state index contributed by atoms with van der Waals surface area (Å²) in [5, 5.41) is 5.93. The Labute approximate surface area is 190 Å². The predicted molar refractivity (Wildman–Crippen MR) is 121 cm³/mol. The number of carbonyl (C=O) groups excluding carboxylic acids is 3. The number of anilines is 1. The lowest BCUT2D eigenvalue weighted by Gasteiger charge is -2.43. The average molecular weight is 459 g/mol. The Hall–Kier alpha value is -2.81. The second kappa shape index (κ2) is 7.95. The highest BCUT2D eigenvalue weighted by Gasteiger charge is 2.56. The molecule has 0 bridgehead atoms. The number of carbonyl (C=O) groups is 3. The second-order valence-electron chi connectivity index (χ2n) is 9.74.